The summed E-state index contributed by atoms with van der Waals surface area (Å²) in [5, 5.41) is 2.73. The Bertz CT molecular complexity index is 663. The van der Waals surface area contributed by atoms with Gasteiger partial charge in [-0.05, 0) is 12.3 Å². The van der Waals surface area contributed by atoms with E-state index >= 15 is 0 Å². The molecule has 2 rings (SSSR count). The van der Waals surface area contributed by atoms with E-state index in [2.05, 4.69) is 29.1 Å². The highest BCUT2D eigenvalue weighted by Crippen LogP contribution is 2.11. The van der Waals surface area contributed by atoms with E-state index in [1.165, 1.54) is 6.20 Å². The Hall–Kier alpha value is -2.43. The molecule has 1 amide bonds. The highest BCUT2D eigenvalue weighted by molar-refractivity contribution is 5.93. The number of aromatic nitrogens is 2. The van der Waals surface area contributed by atoms with Crippen molar-refractivity contribution in [2.45, 2.75) is 20.3 Å². The van der Waals surface area contributed by atoms with Crippen molar-refractivity contribution in [3.8, 4) is 11.4 Å². The minimum absolute atomic E-state index is 0.0402. The first-order chi connectivity index (χ1) is 10.1. The van der Waals surface area contributed by atoms with Crippen LogP contribution in [-0.2, 0) is 0 Å². The molecule has 0 saturated heterocycles. The van der Waals surface area contributed by atoms with Crippen LogP contribution in [-0.4, -0.2) is 22.4 Å². The van der Waals surface area contributed by atoms with Crippen LogP contribution in [0.15, 0.2) is 41.3 Å². The predicted octanol–water partition coefficient (Wildman–Crippen LogP) is 2.21. The number of hydrogen-bond acceptors (Lipinski definition) is 3. The number of carbonyl (C=O) groups is 1. The van der Waals surface area contributed by atoms with Gasteiger partial charge in [0.05, 0.1) is 0 Å². The minimum atomic E-state index is -0.425. The van der Waals surface area contributed by atoms with Gasteiger partial charge in [0.15, 0.2) is 0 Å². The number of aromatic amines is 1. The fourth-order valence-corrected chi connectivity index (χ4v) is 1.87. The van der Waals surface area contributed by atoms with Crippen LogP contribution in [0, 0.1) is 5.92 Å². The Balaban J connectivity index is 2.13. The Morgan fingerprint density at radius 3 is 2.62 bits per heavy atom. The van der Waals surface area contributed by atoms with Gasteiger partial charge in [-0.3, -0.25) is 9.59 Å². The number of hydrogen-bond donors (Lipinski definition) is 2. The van der Waals surface area contributed by atoms with Crippen molar-refractivity contribution in [2.24, 2.45) is 5.92 Å². The summed E-state index contributed by atoms with van der Waals surface area (Å²) in [5.41, 5.74) is 0.422. The molecule has 5 nitrogen and oxygen atoms in total. The van der Waals surface area contributed by atoms with E-state index in [-0.39, 0.29) is 11.5 Å². The predicted molar refractivity (Wildman–Crippen MR) is 82.1 cm³/mol. The molecule has 110 valence electrons. The van der Waals surface area contributed by atoms with Crippen molar-refractivity contribution < 1.29 is 4.79 Å². The highest BCUT2D eigenvalue weighted by Gasteiger charge is 2.12. The summed E-state index contributed by atoms with van der Waals surface area (Å²) in [4.78, 5) is 30.7. The van der Waals surface area contributed by atoms with Crippen LogP contribution in [0.4, 0.5) is 0 Å². The third kappa shape index (κ3) is 4.02. The second-order valence-electron chi connectivity index (χ2n) is 5.28. The topological polar surface area (TPSA) is 74.8 Å². The Morgan fingerprint density at radius 1 is 1.29 bits per heavy atom. The molecule has 0 unspecified atom stereocenters. The maximum Gasteiger partial charge on any atom is 0.264 e. The fourth-order valence-electron chi connectivity index (χ4n) is 1.87. The van der Waals surface area contributed by atoms with E-state index in [1.807, 2.05) is 30.3 Å². The lowest BCUT2D eigenvalue weighted by Crippen LogP contribution is -2.31. The van der Waals surface area contributed by atoms with Crippen LogP contribution < -0.4 is 10.9 Å². The first-order valence-corrected chi connectivity index (χ1v) is 7.01. The first-order valence-electron chi connectivity index (χ1n) is 7.01. The molecule has 0 aliphatic carbocycles. The monoisotopic (exact) mass is 285 g/mol. The van der Waals surface area contributed by atoms with Gasteiger partial charge in [0.1, 0.15) is 11.4 Å². The SMILES string of the molecule is CC(C)CCNC(=O)c1cnc(-c2ccccc2)[nH]c1=O. The fraction of sp³-hybridized carbons (Fsp3) is 0.312. The molecule has 0 atom stereocenters. The summed E-state index contributed by atoms with van der Waals surface area (Å²) in [7, 11) is 0. The van der Waals surface area contributed by atoms with Crippen molar-refractivity contribution >= 4 is 5.91 Å². The van der Waals surface area contributed by atoms with Crippen LogP contribution in [0.25, 0.3) is 11.4 Å². The van der Waals surface area contributed by atoms with Crippen LogP contribution in [0.3, 0.4) is 0 Å². The van der Waals surface area contributed by atoms with Gasteiger partial charge < -0.3 is 10.3 Å². The number of benzene rings is 1. The van der Waals surface area contributed by atoms with Crippen molar-refractivity contribution in [1.82, 2.24) is 15.3 Å². The average molecular weight is 285 g/mol. The minimum Gasteiger partial charge on any atom is -0.352 e. The van der Waals surface area contributed by atoms with Crippen LogP contribution in [0.2, 0.25) is 0 Å². The van der Waals surface area contributed by atoms with Gasteiger partial charge in [-0.25, -0.2) is 4.98 Å². The van der Waals surface area contributed by atoms with E-state index in [4.69, 9.17) is 0 Å². The lowest BCUT2D eigenvalue weighted by atomic mass is 10.1. The third-order valence-corrected chi connectivity index (χ3v) is 3.10. The molecule has 1 aromatic heterocycles. The second kappa shape index (κ2) is 6.83. The average Bonchev–Trinajstić information content (AvgIpc) is 2.47. The Labute approximate surface area is 123 Å². The molecular weight excluding hydrogens is 266 g/mol. The summed E-state index contributed by atoms with van der Waals surface area (Å²) in [6.45, 7) is 4.71. The van der Waals surface area contributed by atoms with E-state index in [1.54, 1.807) is 0 Å². The Kier molecular flexibility index (Phi) is 4.87. The standard InChI is InChI=1S/C16H19N3O2/c1-11(2)8-9-17-15(20)13-10-18-14(19-16(13)21)12-6-4-3-5-7-12/h3-7,10-11H,8-9H2,1-2H3,(H,17,20)(H,18,19,21). The highest BCUT2D eigenvalue weighted by atomic mass is 16.2. The molecule has 0 aliphatic heterocycles. The largest absolute Gasteiger partial charge is 0.352 e. The number of H-pyrrole nitrogens is 1. The number of nitrogens with zero attached hydrogens (tertiary/aromatic N) is 1. The molecule has 0 radical (unpaired) electrons. The van der Waals surface area contributed by atoms with Gasteiger partial charge in [-0.1, -0.05) is 44.2 Å². The van der Waals surface area contributed by atoms with Gasteiger partial charge in [-0.2, -0.15) is 0 Å². The number of rotatable bonds is 5. The molecule has 0 aliphatic rings. The van der Waals surface area contributed by atoms with Crippen molar-refractivity contribution in [3.05, 3.63) is 52.4 Å². The molecular formula is C16H19N3O2. The molecule has 0 saturated carbocycles. The normalized spacial score (nSPS) is 10.6. The van der Waals surface area contributed by atoms with E-state index in [9.17, 15) is 9.59 Å². The maximum absolute atomic E-state index is 12.0. The number of amides is 1. The lowest BCUT2D eigenvalue weighted by molar-refractivity contribution is 0.0950. The smallest absolute Gasteiger partial charge is 0.264 e. The second-order valence-corrected chi connectivity index (χ2v) is 5.28. The summed E-state index contributed by atoms with van der Waals surface area (Å²) < 4.78 is 0. The van der Waals surface area contributed by atoms with Crippen LogP contribution in [0.1, 0.15) is 30.6 Å². The van der Waals surface area contributed by atoms with Crippen LogP contribution >= 0.6 is 0 Å². The molecule has 0 bridgehead atoms. The summed E-state index contributed by atoms with van der Waals surface area (Å²) in [5.74, 6) is 0.575. The lowest BCUT2D eigenvalue weighted by Gasteiger charge is -2.07. The van der Waals surface area contributed by atoms with Gasteiger partial charge in [0.25, 0.3) is 11.5 Å². The molecule has 1 aromatic carbocycles. The van der Waals surface area contributed by atoms with Crippen molar-refractivity contribution in [1.29, 1.82) is 0 Å². The number of nitrogens with one attached hydrogen (secondary N) is 2. The molecule has 1 heterocycles. The zero-order chi connectivity index (χ0) is 15.2. The molecule has 2 N–H and O–H groups in total. The van der Waals surface area contributed by atoms with Gasteiger partial charge in [0, 0.05) is 18.3 Å². The van der Waals surface area contributed by atoms with Gasteiger partial charge in [0.2, 0.25) is 0 Å². The number of carbonyl (C=O) groups excluding carboxylic acids is 1. The molecule has 0 fully saturated rings. The zero-order valence-corrected chi connectivity index (χ0v) is 12.2. The molecule has 2 aromatic rings. The Morgan fingerprint density at radius 2 is 2.00 bits per heavy atom. The summed E-state index contributed by atoms with van der Waals surface area (Å²) in [6.07, 6.45) is 2.20. The van der Waals surface area contributed by atoms with Crippen LogP contribution in [0.5, 0.6) is 0 Å². The van der Waals surface area contributed by atoms with E-state index in [0.29, 0.717) is 18.3 Å². The summed E-state index contributed by atoms with van der Waals surface area (Å²) >= 11 is 0. The molecule has 5 heteroatoms. The van der Waals surface area contributed by atoms with Crippen molar-refractivity contribution in [3.63, 3.8) is 0 Å². The maximum atomic E-state index is 12.0. The molecule has 21 heavy (non-hydrogen) atoms. The molecule has 0 spiro atoms. The van der Waals surface area contributed by atoms with Crippen molar-refractivity contribution in [2.75, 3.05) is 6.54 Å². The van der Waals surface area contributed by atoms with Gasteiger partial charge in [-0.15, -0.1) is 0 Å². The quantitative estimate of drug-likeness (QED) is 0.884. The van der Waals surface area contributed by atoms with E-state index < -0.39 is 5.56 Å². The zero-order valence-electron chi connectivity index (χ0n) is 12.2. The first kappa shape index (κ1) is 15.0. The third-order valence-electron chi connectivity index (χ3n) is 3.10. The van der Waals surface area contributed by atoms with Gasteiger partial charge >= 0.3 is 0 Å². The van der Waals surface area contributed by atoms with E-state index in [0.717, 1.165) is 12.0 Å². The summed E-state index contributed by atoms with van der Waals surface area (Å²) in [6, 6.07) is 9.31.